The Kier molecular flexibility index (Phi) is 2.73. The summed E-state index contributed by atoms with van der Waals surface area (Å²) in [5, 5.41) is 1.99. The summed E-state index contributed by atoms with van der Waals surface area (Å²) in [7, 11) is 0. The molecule has 0 N–H and O–H groups in total. The van der Waals surface area contributed by atoms with Crippen LogP contribution in [0.4, 0.5) is 0 Å². The fourth-order valence-corrected chi connectivity index (χ4v) is 7.95. The molecule has 7 heterocycles. The second-order valence-electron chi connectivity index (χ2n) is 10.3. The number of rotatable bonds is 0. The van der Waals surface area contributed by atoms with Gasteiger partial charge in [-0.25, -0.2) is 0 Å². The number of fused-ring (bicyclic) bond motifs is 8. The first-order chi connectivity index (χ1) is 16.1. The zero-order chi connectivity index (χ0) is 21.9. The first-order valence-corrected chi connectivity index (χ1v) is 11.7. The molecule has 4 fully saturated rings. The van der Waals surface area contributed by atoms with Crippen LogP contribution in [0, 0.1) is 23.7 Å². The Labute approximate surface area is 187 Å². The first kappa shape index (κ1) is 17.4. The molecule has 2 aromatic carbocycles. The number of carbonyl (C=O) groups excluding carboxylic acids is 4. The van der Waals surface area contributed by atoms with Gasteiger partial charge in [0, 0.05) is 13.1 Å². The zero-order valence-electron chi connectivity index (χ0n) is 17.4. The van der Waals surface area contributed by atoms with Gasteiger partial charge in [-0.2, -0.15) is 0 Å². The van der Waals surface area contributed by atoms with E-state index in [1.165, 1.54) is 9.80 Å². The summed E-state index contributed by atoms with van der Waals surface area (Å²) in [5.74, 6) is -2.77. The molecule has 12 bridgehead atoms. The van der Waals surface area contributed by atoms with Crippen molar-refractivity contribution in [3.05, 3.63) is 46.5 Å². The van der Waals surface area contributed by atoms with Crippen LogP contribution < -0.4 is 0 Å². The highest BCUT2D eigenvalue weighted by atomic mass is 16.5. The van der Waals surface area contributed by atoms with Crippen molar-refractivity contribution in [3.63, 3.8) is 0 Å². The van der Waals surface area contributed by atoms with E-state index in [2.05, 4.69) is 0 Å². The average molecular weight is 442 g/mol. The van der Waals surface area contributed by atoms with Gasteiger partial charge in [-0.1, -0.05) is 24.3 Å². The van der Waals surface area contributed by atoms with Crippen molar-refractivity contribution in [2.24, 2.45) is 23.7 Å². The summed E-state index contributed by atoms with van der Waals surface area (Å²) >= 11 is 0. The second-order valence-corrected chi connectivity index (χ2v) is 10.3. The number of hydrogen-bond donors (Lipinski definition) is 0. The molecular weight excluding hydrogens is 424 g/mol. The number of hydrogen-bond acceptors (Lipinski definition) is 6. The fraction of sp³-hybridized carbons (Fsp3) is 0.440. The van der Waals surface area contributed by atoms with Crippen LogP contribution in [0.25, 0.3) is 10.8 Å². The Morgan fingerprint density at radius 1 is 0.576 bits per heavy atom. The van der Waals surface area contributed by atoms with E-state index in [1.54, 1.807) is 0 Å². The van der Waals surface area contributed by atoms with E-state index in [4.69, 9.17) is 9.47 Å². The van der Waals surface area contributed by atoms with E-state index in [-0.39, 0.29) is 36.7 Å². The van der Waals surface area contributed by atoms with Crippen LogP contribution in [0.3, 0.4) is 0 Å². The highest BCUT2D eigenvalue weighted by Crippen LogP contribution is 2.65. The smallest absolute Gasteiger partial charge is 0.236 e. The molecule has 2 aromatic rings. The Morgan fingerprint density at radius 2 is 0.970 bits per heavy atom. The molecule has 8 nitrogen and oxygen atoms in total. The van der Waals surface area contributed by atoms with Crippen LogP contribution in [0.5, 0.6) is 0 Å². The highest BCUT2D eigenvalue weighted by Gasteiger charge is 2.67. The van der Waals surface area contributed by atoms with Crippen molar-refractivity contribution in [3.8, 4) is 0 Å². The maximum absolute atomic E-state index is 13.3. The minimum atomic E-state index is -0.504. The summed E-state index contributed by atoms with van der Waals surface area (Å²) in [5.41, 5.74) is 3.97. The minimum Gasteiger partial charge on any atom is -0.364 e. The summed E-state index contributed by atoms with van der Waals surface area (Å²) < 4.78 is 12.5. The van der Waals surface area contributed by atoms with Gasteiger partial charge in [0.2, 0.25) is 23.6 Å². The van der Waals surface area contributed by atoms with Gasteiger partial charge in [0.1, 0.15) is 0 Å². The number of amides is 4. The van der Waals surface area contributed by atoms with Gasteiger partial charge in [0.25, 0.3) is 0 Å². The topological polar surface area (TPSA) is 93.2 Å². The SMILES string of the molecule is O=C1C2C3OC4c5c3ccc3c6c(ccc53)C3OC6C5C(=O)N(CCCN1C(=O)C42)C(=O)C35. The number of benzene rings is 2. The monoisotopic (exact) mass is 442 g/mol. The summed E-state index contributed by atoms with van der Waals surface area (Å²) in [6, 6.07) is 8.11. The largest absolute Gasteiger partial charge is 0.364 e. The van der Waals surface area contributed by atoms with E-state index in [0.29, 0.717) is 6.42 Å². The Morgan fingerprint density at radius 3 is 1.39 bits per heavy atom. The predicted molar refractivity (Wildman–Crippen MR) is 109 cm³/mol. The molecule has 4 amide bonds. The number of imide groups is 2. The predicted octanol–water partition coefficient (Wildman–Crippen LogP) is 1.70. The van der Waals surface area contributed by atoms with E-state index < -0.39 is 48.1 Å². The van der Waals surface area contributed by atoms with Gasteiger partial charge in [0.15, 0.2) is 0 Å². The molecule has 0 aromatic heterocycles. The van der Waals surface area contributed by atoms with Crippen molar-refractivity contribution in [1.29, 1.82) is 0 Å². The third kappa shape index (κ3) is 1.64. The molecular formula is C25H18N2O6. The summed E-state index contributed by atoms with van der Waals surface area (Å²) in [4.78, 5) is 55.8. The number of carbonyl (C=O) groups is 4. The van der Waals surface area contributed by atoms with Gasteiger partial charge in [0.05, 0.1) is 48.1 Å². The van der Waals surface area contributed by atoms with E-state index >= 15 is 0 Å². The van der Waals surface area contributed by atoms with Crippen molar-refractivity contribution < 1.29 is 28.7 Å². The lowest BCUT2D eigenvalue weighted by atomic mass is 9.72. The molecule has 4 saturated heterocycles. The Hall–Kier alpha value is -3.10. The van der Waals surface area contributed by atoms with Gasteiger partial charge in [-0.3, -0.25) is 29.0 Å². The maximum atomic E-state index is 13.3. The Bertz CT molecular complexity index is 1310. The molecule has 8 atom stereocenters. The number of nitrogens with zero attached hydrogens (tertiary/aromatic N) is 2. The minimum absolute atomic E-state index is 0.194. The maximum Gasteiger partial charge on any atom is 0.236 e. The van der Waals surface area contributed by atoms with Crippen molar-refractivity contribution in [2.75, 3.05) is 13.1 Å². The highest BCUT2D eigenvalue weighted by molar-refractivity contribution is 6.09. The fourth-order valence-electron chi connectivity index (χ4n) is 7.95. The molecule has 164 valence electrons. The molecule has 8 heteroatoms. The van der Waals surface area contributed by atoms with Crippen LogP contribution in [0.2, 0.25) is 0 Å². The Balaban J connectivity index is 1.34. The lowest BCUT2D eigenvalue weighted by molar-refractivity contribution is -0.143. The lowest BCUT2D eigenvalue weighted by Crippen LogP contribution is -2.38. The molecule has 0 saturated carbocycles. The molecule has 7 aliphatic heterocycles. The van der Waals surface area contributed by atoms with Crippen molar-refractivity contribution in [2.45, 2.75) is 30.8 Å². The lowest BCUT2D eigenvalue weighted by Gasteiger charge is -2.25. The molecule has 9 rings (SSSR count). The number of ether oxygens (including phenoxy) is 2. The van der Waals surface area contributed by atoms with Crippen LogP contribution in [-0.2, 0) is 28.7 Å². The quantitative estimate of drug-likeness (QED) is 0.577. The first-order valence-electron chi connectivity index (χ1n) is 11.7. The third-order valence-electron chi connectivity index (χ3n) is 9.17. The van der Waals surface area contributed by atoms with Crippen LogP contribution in [-0.4, -0.2) is 46.5 Å². The van der Waals surface area contributed by atoms with Crippen molar-refractivity contribution in [1.82, 2.24) is 9.80 Å². The molecule has 0 aliphatic carbocycles. The van der Waals surface area contributed by atoms with Gasteiger partial charge in [-0.15, -0.1) is 0 Å². The van der Waals surface area contributed by atoms with Gasteiger partial charge in [-0.05, 0) is 39.4 Å². The normalized spacial score (nSPS) is 40.8. The molecule has 0 radical (unpaired) electrons. The summed E-state index contributed by atoms with van der Waals surface area (Å²) in [6.07, 6.45) is -1.28. The second kappa shape index (κ2) is 5.18. The zero-order valence-corrected chi connectivity index (χ0v) is 17.4. The third-order valence-corrected chi connectivity index (χ3v) is 9.17. The van der Waals surface area contributed by atoms with E-state index in [1.807, 2.05) is 24.3 Å². The van der Waals surface area contributed by atoms with Gasteiger partial charge < -0.3 is 9.47 Å². The molecule has 0 spiro atoms. The van der Waals surface area contributed by atoms with Crippen LogP contribution >= 0.6 is 0 Å². The van der Waals surface area contributed by atoms with E-state index in [0.717, 1.165) is 33.0 Å². The van der Waals surface area contributed by atoms with E-state index in [9.17, 15) is 19.2 Å². The molecule has 8 unspecified atom stereocenters. The van der Waals surface area contributed by atoms with Gasteiger partial charge >= 0.3 is 0 Å². The van der Waals surface area contributed by atoms with Crippen LogP contribution in [0.15, 0.2) is 24.3 Å². The summed E-state index contributed by atoms with van der Waals surface area (Å²) in [6.45, 7) is 0.423. The van der Waals surface area contributed by atoms with Crippen molar-refractivity contribution >= 4 is 34.4 Å². The standard InChI is InChI=1S/C25H18N2O6/c28-22-14-17-21-13-9-3-5-11-12(8(9)2-4-10(13)18(14)32-21)20-16-15(19(11)33-20)23(29)27(24(16)30)7-1-6-26(22)25(17)31/h2-5,14-21H,1,6-7H2. The molecule has 7 aliphatic rings. The average Bonchev–Trinajstić information content (AvgIpc) is 3.62. The van der Waals surface area contributed by atoms with Crippen LogP contribution in [0.1, 0.15) is 53.1 Å². The molecule has 33 heavy (non-hydrogen) atoms.